The van der Waals surface area contributed by atoms with Gasteiger partial charge >= 0.3 is 0 Å². The molecule has 2 N–H and O–H groups in total. The van der Waals surface area contributed by atoms with Gasteiger partial charge in [-0.1, -0.05) is 5.92 Å². The fourth-order valence-electron chi connectivity index (χ4n) is 2.20. The highest BCUT2D eigenvalue weighted by Crippen LogP contribution is 2.40. The number of hydrogen-bond donors (Lipinski definition) is 2. The Morgan fingerprint density at radius 1 is 1.39 bits per heavy atom. The Kier molecular flexibility index (Phi) is 4.37. The van der Waals surface area contributed by atoms with Gasteiger partial charge in [0.1, 0.15) is 17.8 Å². The largest absolute Gasteiger partial charge is 0.390 e. The highest BCUT2D eigenvalue weighted by molar-refractivity contribution is 5.04. The topological polar surface area (TPSA) is 82.7 Å². The number of aliphatic hydroxyl groups excluding tert-OH is 2. The predicted molar refractivity (Wildman–Crippen MR) is 64.1 cm³/mol. The smallest absolute Gasteiger partial charge is 0.164 e. The first kappa shape index (κ1) is 14.9. The summed E-state index contributed by atoms with van der Waals surface area (Å²) in [6.45, 7) is 5.09. The van der Waals surface area contributed by atoms with Gasteiger partial charge in [0.2, 0.25) is 0 Å². The molecule has 18 heavy (non-hydrogen) atoms. The average molecular weight is 253 g/mol. The monoisotopic (exact) mass is 253 g/mol. The standard InChI is InChI=1S/C13H19NO4/c1-5-9(15)8-10(16)13(4)11(6-7-14)17-12(2,3)18-13/h1,9-11,15-16H,6,8H2,2-4H3/t9?,10-,11-,13-/m1/s1. The van der Waals surface area contributed by atoms with E-state index in [1.54, 1.807) is 20.8 Å². The lowest BCUT2D eigenvalue weighted by molar-refractivity contribution is -0.181. The minimum atomic E-state index is -1.06. The molecule has 5 nitrogen and oxygen atoms in total. The highest BCUT2D eigenvalue weighted by atomic mass is 16.8. The van der Waals surface area contributed by atoms with Crippen LogP contribution in [0.5, 0.6) is 0 Å². The maximum absolute atomic E-state index is 10.2. The van der Waals surface area contributed by atoms with Gasteiger partial charge in [-0.15, -0.1) is 6.42 Å². The first-order valence-corrected chi connectivity index (χ1v) is 5.82. The van der Waals surface area contributed by atoms with Crippen LogP contribution in [0.25, 0.3) is 0 Å². The molecule has 1 saturated heterocycles. The average Bonchev–Trinajstić information content (AvgIpc) is 2.50. The molecule has 0 radical (unpaired) electrons. The maximum atomic E-state index is 10.2. The van der Waals surface area contributed by atoms with Crippen molar-refractivity contribution in [3.05, 3.63) is 0 Å². The van der Waals surface area contributed by atoms with Crippen molar-refractivity contribution >= 4 is 0 Å². The zero-order chi connectivity index (χ0) is 14.0. The van der Waals surface area contributed by atoms with Gasteiger partial charge in [-0.3, -0.25) is 0 Å². The van der Waals surface area contributed by atoms with Gasteiger partial charge in [-0.2, -0.15) is 5.26 Å². The summed E-state index contributed by atoms with van der Waals surface area (Å²) in [5, 5.41) is 28.4. The number of terminal acetylenes is 1. The first-order valence-electron chi connectivity index (χ1n) is 5.82. The zero-order valence-corrected chi connectivity index (χ0v) is 10.9. The zero-order valence-electron chi connectivity index (χ0n) is 10.9. The van der Waals surface area contributed by atoms with Gasteiger partial charge in [0.15, 0.2) is 5.79 Å². The van der Waals surface area contributed by atoms with E-state index in [4.69, 9.17) is 21.2 Å². The quantitative estimate of drug-likeness (QED) is 0.715. The molecule has 1 fully saturated rings. The molecule has 4 atom stereocenters. The molecule has 0 aromatic rings. The Bertz CT molecular complexity index is 381. The minimum Gasteiger partial charge on any atom is -0.390 e. The summed E-state index contributed by atoms with van der Waals surface area (Å²) < 4.78 is 11.3. The lowest BCUT2D eigenvalue weighted by atomic mass is 9.87. The Balaban J connectivity index is 2.88. The number of nitrogens with zero attached hydrogens (tertiary/aromatic N) is 1. The van der Waals surface area contributed by atoms with Gasteiger partial charge in [0, 0.05) is 6.42 Å². The highest BCUT2D eigenvalue weighted by Gasteiger charge is 2.54. The Labute approximate surface area is 107 Å². The van der Waals surface area contributed by atoms with Crippen molar-refractivity contribution in [2.75, 3.05) is 0 Å². The SMILES string of the molecule is C#CC(O)C[C@@H](O)[C@@]1(C)OC(C)(C)O[C@@H]1CC#N. The lowest BCUT2D eigenvalue weighted by Crippen LogP contribution is -2.49. The summed E-state index contributed by atoms with van der Waals surface area (Å²) in [6.07, 6.45) is 2.54. The normalized spacial score (nSPS) is 33.4. The summed E-state index contributed by atoms with van der Waals surface area (Å²) in [5.74, 6) is 1.26. The Morgan fingerprint density at radius 3 is 2.50 bits per heavy atom. The molecule has 0 saturated carbocycles. The number of ether oxygens (including phenoxy) is 2. The van der Waals surface area contributed by atoms with E-state index in [0.29, 0.717) is 0 Å². The van der Waals surface area contributed by atoms with Gasteiger partial charge in [-0.05, 0) is 20.8 Å². The van der Waals surface area contributed by atoms with Crippen LogP contribution >= 0.6 is 0 Å². The maximum Gasteiger partial charge on any atom is 0.164 e. The number of hydrogen-bond acceptors (Lipinski definition) is 5. The van der Waals surface area contributed by atoms with E-state index in [0.717, 1.165) is 0 Å². The molecule has 1 aliphatic rings. The molecule has 1 unspecified atom stereocenters. The lowest BCUT2D eigenvalue weighted by Gasteiger charge is -2.33. The van der Waals surface area contributed by atoms with Gasteiger partial charge in [-0.25, -0.2) is 0 Å². The van der Waals surface area contributed by atoms with Crippen molar-refractivity contribution < 1.29 is 19.7 Å². The van der Waals surface area contributed by atoms with E-state index < -0.39 is 29.7 Å². The van der Waals surface area contributed by atoms with Gasteiger partial charge in [0.25, 0.3) is 0 Å². The van der Waals surface area contributed by atoms with Crippen LogP contribution in [0.3, 0.4) is 0 Å². The van der Waals surface area contributed by atoms with Crippen molar-refractivity contribution in [2.24, 2.45) is 0 Å². The third-order valence-electron chi connectivity index (χ3n) is 3.11. The second-order valence-corrected chi connectivity index (χ2v) is 5.09. The summed E-state index contributed by atoms with van der Waals surface area (Å²) in [7, 11) is 0. The van der Waals surface area contributed by atoms with Crippen molar-refractivity contribution in [2.45, 2.75) is 63.3 Å². The first-order chi connectivity index (χ1) is 8.25. The summed E-state index contributed by atoms with van der Waals surface area (Å²) in [6, 6.07) is 2.01. The second-order valence-electron chi connectivity index (χ2n) is 5.09. The molecular formula is C13H19NO4. The van der Waals surface area contributed by atoms with Crippen LogP contribution in [-0.4, -0.2) is 39.9 Å². The number of aliphatic hydroxyl groups is 2. The number of nitriles is 1. The van der Waals surface area contributed by atoms with Crippen LogP contribution in [0, 0.1) is 23.7 Å². The Morgan fingerprint density at radius 2 is 2.00 bits per heavy atom. The fourth-order valence-corrected chi connectivity index (χ4v) is 2.20. The Hall–Kier alpha value is -1.11. The third-order valence-corrected chi connectivity index (χ3v) is 3.11. The van der Waals surface area contributed by atoms with Crippen LogP contribution in [0.15, 0.2) is 0 Å². The fraction of sp³-hybridized carbons (Fsp3) is 0.769. The van der Waals surface area contributed by atoms with E-state index in [2.05, 4.69) is 5.92 Å². The van der Waals surface area contributed by atoms with Gasteiger partial charge < -0.3 is 19.7 Å². The molecule has 0 aromatic carbocycles. The van der Waals surface area contributed by atoms with Crippen molar-refractivity contribution in [1.82, 2.24) is 0 Å². The molecule has 0 bridgehead atoms. The summed E-state index contributed by atoms with van der Waals surface area (Å²) in [4.78, 5) is 0. The van der Waals surface area contributed by atoms with Crippen LogP contribution in [-0.2, 0) is 9.47 Å². The molecular weight excluding hydrogens is 234 g/mol. The molecule has 1 rings (SSSR count). The van der Waals surface area contributed by atoms with E-state index in [1.165, 1.54) is 0 Å². The second kappa shape index (κ2) is 5.26. The third kappa shape index (κ3) is 3.01. The van der Waals surface area contributed by atoms with Crippen LogP contribution in [0.4, 0.5) is 0 Å². The molecule has 0 spiro atoms. The summed E-state index contributed by atoms with van der Waals surface area (Å²) in [5.41, 5.74) is -1.06. The van der Waals surface area contributed by atoms with Crippen molar-refractivity contribution in [3.63, 3.8) is 0 Å². The molecule has 0 amide bonds. The molecule has 0 aromatic heterocycles. The van der Waals surface area contributed by atoms with Crippen molar-refractivity contribution in [1.29, 1.82) is 5.26 Å². The van der Waals surface area contributed by atoms with E-state index in [-0.39, 0.29) is 12.8 Å². The van der Waals surface area contributed by atoms with Crippen LogP contribution < -0.4 is 0 Å². The molecule has 1 heterocycles. The van der Waals surface area contributed by atoms with Crippen LogP contribution in [0.1, 0.15) is 33.6 Å². The minimum absolute atomic E-state index is 0.0195. The van der Waals surface area contributed by atoms with E-state index >= 15 is 0 Å². The molecule has 0 aliphatic carbocycles. The molecule has 5 heteroatoms. The van der Waals surface area contributed by atoms with Crippen LogP contribution in [0.2, 0.25) is 0 Å². The number of rotatable bonds is 4. The molecule has 1 aliphatic heterocycles. The van der Waals surface area contributed by atoms with Crippen molar-refractivity contribution in [3.8, 4) is 18.4 Å². The van der Waals surface area contributed by atoms with Gasteiger partial charge in [0.05, 0.1) is 18.6 Å². The summed E-state index contributed by atoms with van der Waals surface area (Å²) >= 11 is 0. The van der Waals surface area contributed by atoms with E-state index in [1.807, 2.05) is 6.07 Å². The predicted octanol–water partition coefficient (Wildman–Crippen LogP) is 0.555. The van der Waals surface area contributed by atoms with E-state index in [9.17, 15) is 10.2 Å². The molecule has 100 valence electrons.